The maximum atomic E-state index is 6.39. The molecule has 0 unspecified atom stereocenters. The minimum atomic E-state index is 0.678. The topological polar surface area (TPSA) is 45.5 Å². The lowest BCUT2D eigenvalue weighted by Gasteiger charge is -2.29. The molecule has 3 heterocycles. The fourth-order valence-electron chi connectivity index (χ4n) is 3.38. The van der Waals surface area contributed by atoms with E-state index >= 15 is 0 Å². The zero-order valence-electron chi connectivity index (χ0n) is 14.6. The first kappa shape index (κ1) is 17.8. The monoisotopic (exact) mass is 433 g/mol. The van der Waals surface area contributed by atoms with Gasteiger partial charge in [0.15, 0.2) is 5.65 Å². The largest absolute Gasteiger partial charge is 0.370 e. The molecule has 0 amide bonds. The van der Waals surface area contributed by atoms with Crippen molar-refractivity contribution < 1.29 is 0 Å². The fraction of sp³-hybridized carbons (Fsp3) is 0.368. The highest BCUT2D eigenvalue weighted by Gasteiger charge is 2.18. The van der Waals surface area contributed by atoms with E-state index in [4.69, 9.17) is 16.6 Å². The van der Waals surface area contributed by atoms with Crippen LogP contribution in [0.2, 0.25) is 5.02 Å². The van der Waals surface area contributed by atoms with Crippen LogP contribution in [0.1, 0.15) is 12.8 Å². The van der Waals surface area contributed by atoms with Crippen molar-refractivity contribution in [3.8, 4) is 11.3 Å². The summed E-state index contributed by atoms with van der Waals surface area (Å²) < 4.78 is 2.72. The van der Waals surface area contributed by atoms with Gasteiger partial charge in [-0.3, -0.25) is 0 Å². The molecule has 1 fully saturated rings. The average molecular weight is 435 g/mol. The molecule has 0 aliphatic carbocycles. The number of nitrogens with one attached hydrogen (secondary N) is 1. The van der Waals surface area contributed by atoms with Crippen molar-refractivity contribution in [3.63, 3.8) is 0 Å². The molecule has 4 rings (SSSR count). The molecule has 0 radical (unpaired) electrons. The number of piperidine rings is 1. The molecule has 26 heavy (non-hydrogen) atoms. The standard InChI is InChI=1S/C19H21BrClN5/c1-25-8-6-13(7-9-25)11-22-18-10-17(14-4-2-3-5-16(14)21)24-19-15(20)12-23-26(18)19/h2-5,10,12-13,22H,6-9,11H2,1H3. The predicted molar refractivity (Wildman–Crippen MR) is 110 cm³/mol. The first-order valence-electron chi connectivity index (χ1n) is 8.83. The van der Waals surface area contributed by atoms with Gasteiger partial charge in [-0.15, -0.1) is 0 Å². The van der Waals surface area contributed by atoms with Gasteiger partial charge < -0.3 is 10.2 Å². The SMILES string of the molecule is CN1CCC(CNc2cc(-c3ccccc3Cl)nc3c(Br)cnn23)CC1. The molecular weight excluding hydrogens is 414 g/mol. The second-order valence-electron chi connectivity index (χ2n) is 6.86. The van der Waals surface area contributed by atoms with Crippen LogP contribution in [-0.2, 0) is 0 Å². The number of likely N-dealkylation sites (tertiary alicyclic amines) is 1. The molecular formula is C19H21BrClN5. The maximum absolute atomic E-state index is 6.39. The van der Waals surface area contributed by atoms with E-state index in [0.29, 0.717) is 10.9 Å². The Hall–Kier alpha value is -1.63. The predicted octanol–water partition coefficient (Wildman–Crippen LogP) is 4.57. The van der Waals surface area contributed by atoms with Gasteiger partial charge in [0.2, 0.25) is 0 Å². The van der Waals surface area contributed by atoms with Crippen molar-refractivity contribution in [1.82, 2.24) is 19.5 Å². The second kappa shape index (κ2) is 7.55. The van der Waals surface area contributed by atoms with Gasteiger partial charge in [0, 0.05) is 23.2 Å². The molecule has 3 aromatic rings. The van der Waals surface area contributed by atoms with E-state index in [0.717, 1.165) is 46.8 Å². The average Bonchev–Trinajstić information content (AvgIpc) is 3.02. The number of fused-ring (bicyclic) bond motifs is 1. The molecule has 0 saturated carbocycles. The molecule has 0 spiro atoms. The van der Waals surface area contributed by atoms with Gasteiger partial charge in [0.1, 0.15) is 5.82 Å². The summed E-state index contributed by atoms with van der Waals surface area (Å²) in [7, 11) is 2.19. The van der Waals surface area contributed by atoms with E-state index in [2.05, 4.69) is 38.3 Å². The van der Waals surface area contributed by atoms with Crippen LogP contribution in [-0.4, -0.2) is 46.2 Å². The van der Waals surface area contributed by atoms with E-state index in [1.807, 2.05) is 34.8 Å². The van der Waals surface area contributed by atoms with Crippen LogP contribution in [0.15, 0.2) is 41.0 Å². The molecule has 1 aliphatic heterocycles. The molecule has 1 aromatic carbocycles. The Bertz CT molecular complexity index is 917. The zero-order chi connectivity index (χ0) is 18.1. The molecule has 1 saturated heterocycles. The summed E-state index contributed by atoms with van der Waals surface area (Å²) in [4.78, 5) is 7.14. The minimum absolute atomic E-state index is 0.678. The quantitative estimate of drug-likeness (QED) is 0.653. The van der Waals surface area contributed by atoms with E-state index in [9.17, 15) is 0 Å². The maximum Gasteiger partial charge on any atom is 0.172 e. The summed E-state index contributed by atoms with van der Waals surface area (Å²) >= 11 is 9.94. The molecule has 0 atom stereocenters. The van der Waals surface area contributed by atoms with Crippen LogP contribution in [0, 0.1) is 5.92 Å². The van der Waals surface area contributed by atoms with Crippen LogP contribution < -0.4 is 5.32 Å². The Kier molecular flexibility index (Phi) is 5.16. The summed E-state index contributed by atoms with van der Waals surface area (Å²) in [6.07, 6.45) is 4.22. The molecule has 0 bridgehead atoms. The molecule has 136 valence electrons. The van der Waals surface area contributed by atoms with Gasteiger partial charge in [-0.05, 0) is 60.9 Å². The third-order valence-corrected chi connectivity index (χ3v) is 5.88. The van der Waals surface area contributed by atoms with Crippen LogP contribution >= 0.6 is 27.5 Å². The van der Waals surface area contributed by atoms with E-state index in [1.54, 1.807) is 6.20 Å². The van der Waals surface area contributed by atoms with Crippen molar-refractivity contribution in [2.45, 2.75) is 12.8 Å². The van der Waals surface area contributed by atoms with Crippen LogP contribution in [0.3, 0.4) is 0 Å². The molecule has 2 aromatic heterocycles. The van der Waals surface area contributed by atoms with Gasteiger partial charge in [-0.25, -0.2) is 4.98 Å². The lowest BCUT2D eigenvalue weighted by atomic mass is 9.97. The lowest BCUT2D eigenvalue weighted by Crippen LogP contribution is -2.33. The van der Waals surface area contributed by atoms with Gasteiger partial charge in [-0.2, -0.15) is 9.61 Å². The summed E-state index contributed by atoms with van der Waals surface area (Å²) in [5, 5.41) is 8.74. The summed E-state index contributed by atoms with van der Waals surface area (Å²) in [5.74, 6) is 1.62. The summed E-state index contributed by atoms with van der Waals surface area (Å²) in [5.41, 5.74) is 2.55. The first-order valence-corrected chi connectivity index (χ1v) is 10.0. The first-order chi connectivity index (χ1) is 12.6. The van der Waals surface area contributed by atoms with Crippen molar-refractivity contribution >= 4 is 39.0 Å². The summed E-state index contributed by atoms with van der Waals surface area (Å²) in [6.45, 7) is 3.26. The Labute approximate surface area is 166 Å². The number of nitrogens with zero attached hydrogens (tertiary/aromatic N) is 4. The second-order valence-corrected chi connectivity index (χ2v) is 8.12. The van der Waals surface area contributed by atoms with E-state index in [1.165, 1.54) is 12.8 Å². The van der Waals surface area contributed by atoms with Gasteiger partial charge in [0.25, 0.3) is 0 Å². The van der Waals surface area contributed by atoms with Gasteiger partial charge >= 0.3 is 0 Å². The number of aromatic nitrogens is 3. The molecule has 1 aliphatic rings. The highest BCUT2D eigenvalue weighted by atomic mass is 79.9. The van der Waals surface area contributed by atoms with Crippen LogP contribution in [0.25, 0.3) is 16.9 Å². The smallest absolute Gasteiger partial charge is 0.172 e. The highest BCUT2D eigenvalue weighted by molar-refractivity contribution is 9.10. The number of benzene rings is 1. The third-order valence-electron chi connectivity index (χ3n) is 4.99. The van der Waals surface area contributed by atoms with Crippen molar-refractivity contribution in [1.29, 1.82) is 0 Å². The van der Waals surface area contributed by atoms with E-state index < -0.39 is 0 Å². The number of hydrogen-bond acceptors (Lipinski definition) is 4. The molecule has 5 nitrogen and oxygen atoms in total. The number of anilines is 1. The molecule has 1 N–H and O–H groups in total. The van der Waals surface area contributed by atoms with Crippen LogP contribution in [0.4, 0.5) is 5.82 Å². The number of halogens is 2. The Morgan fingerprint density at radius 1 is 1.27 bits per heavy atom. The minimum Gasteiger partial charge on any atom is -0.370 e. The Morgan fingerprint density at radius 3 is 2.81 bits per heavy atom. The number of hydrogen-bond donors (Lipinski definition) is 1. The van der Waals surface area contributed by atoms with E-state index in [-0.39, 0.29) is 0 Å². The highest BCUT2D eigenvalue weighted by Crippen LogP contribution is 2.30. The fourth-order valence-corrected chi connectivity index (χ4v) is 3.96. The third kappa shape index (κ3) is 3.59. The van der Waals surface area contributed by atoms with Gasteiger partial charge in [-0.1, -0.05) is 29.8 Å². The Morgan fingerprint density at radius 2 is 2.04 bits per heavy atom. The Balaban J connectivity index is 1.66. The van der Waals surface area contributed by atoms with Crippen molar-refractivity contribution in [2.24, 2.45) is 5.92 Å². The van der Waals surface area contributed by atoms with Gasteiger partial charge in [0.05, 0.1) is 16.4 Å². The molecule has 7 heteroatoms. The lowest BCUT2D eigenvalue weighted by molar-refractivity contribution is 0.226. The normalized spacial score (nSPS) is 16.3. The van der Waals surface area contributed by atoms with Crippen molar-refractivity contribution in [3.05, 3.63) is 46.0 Å². The van der Waals surface area contributed by atoms with Crippen LogP contribution in [0.5, 0.6) is 0 Å². The zero-order valence-corrected chi connectivity index (χ0v) is 17.0. The number of rotatable bonds is 4. The van der Waals surface area contributed by atoms with Crippen molar-refractivity contribution in [2.75, 3.05) is 32.0 Å². The summed E-state index contributed by atoms with van der Waals surface area (Å²) in [6, 6.07) is 9.82.